The highest BCUT2D eigenvalue weighted by molar-refractivity contribution is 7.89. The van der Waals surface area contributed by atoms with Crippen LogP contribution in [0.1, 0.15) is 13.3 Å². The third-order valence-corrected chi connectivity index (χ3v) is 4.04. The van der Waals surface area contributed by atoms with Crippen molar-refractivity contribution in [3.05, 3.63) is 23.2 Å². The first-order chi connectivity index (χ1) is 9.01. The van der Waals surface area contributed by atoms with Crippen LogP contribution < -0.4 is 9.46 Å². The number of halogens is 1. The van der Waals surface area contributed by atoms with Crippen LogP contribution in [0.15, 0.2) is 23.1 Å². The van der Waals surface area contributed by atoms with Crippen LogP contribution in [-0.2, 0) is 14.8 Å². The second-order valence-electron chi connectivity index (χ2n) is 3.83. The highest BCUT2D eigenvalue weighted by Crippen LogP contribution is 2.27. The lowest BCUT2D eigenvalue weighted by Crippen LogP contribution is -2.27. The zero-order chi connectivity index (χ0) is 14.3. The van der Waals surface area contributed by atoms with Gasteiger partial charge in [-0.3, -0.25) is 0 Å². The molecule has 0 amide bonds. The third-order valence-electron chi connectivity index (χ3n) is 2.27. The van der Waals surface area contributed by atoms with E-state index in [-0.39, 0.29) is 11.4 Å². The molecule has 0 saturated carbocycles. The van der Waals surface area contributed by atoms with E-state index in [4.69, 9.17) is 21.1 Å². The molecule has 0 radical (unpaired) electrons. The SMILES string of the molecule is CCCOc1cc(S(=O)(=O)NCCOC)ccc1Cl. The van der Waals surface area contributed by atoms with Crippen molar-refractivity contribution >= 4 is 21.6 Å². The maximum absolute atomic E-state index is 12.0. The van der Waals surface area contributed by atoms with E-state index in [0.717, 1.165) is 6.42 Å². The minimum absolute atomic E-state index is 0.124. The van der Waals surface area contributed by atoms with E-state index in [1.165, 1.54) is 25.3 Å². The monoisotopic (exact) mass is 307 g/mol. The molecule has 5 nitrogen and oxygen atoms in total. The van der Waals surface area contributed by atoms with Gasteiger partial charge in [0, 0.05) is 19.7 Å². The van der Waals surface area contributed by atoms with Gasteiger partial charge in [0.1, 0.15) is 5.75 Å². The number of hydrogen-bond acceptors (Lipinski definition) is 4. The second-order valence-corrected chi connectivity index (χ2v) is 6.01. The molecule has 0 saturated heterocycles. The maximum Gasteiger partial charge on any atom is 0.240 e. The number of hydrogen-bond donors (Lipinski definition) is 1. The van der Waals surface area contributed by atoms with E-state index in [0.29, 0.717) is 24.0 Å². The maximum atomic E-state index is 12.0. The molecule has 1 aromatic carbocycles. The fourth-order valence-corrected chi connectivity index (χ4v) is 2.54. The number of sulfonamides is 1. The summed E-state index contributed by atoms with van der Waals surface area (Å²) >= 11 is 5.95. The summed E-state index contributed by atoms with van der Waals surface area (Å²) < 4.78 is 36.6. The van der Waals surface area contributed by atoms with Gasteiger partial charge in [0.2, 0.25) is 10.0 Å². The van der Waals surface area contributed by atoms with Crippen molar-refractivity contribution in [3.8, 4) is 5.75 Å². The van der Waals surface area contributed by atoms with Crippen LogP contribution in [0.2, 0.25) is 5.02 Å². The summed E-state index contributed by atoms with van der Waals surface area (Å²) in [5.74, 6) is 0.373. The second kappa shape index (κ2) is 7.69. The van der Waals surface area contributed by atoms with Crippen molar-refractivity contribution < 1.29 is 17.9 Å². The molecule has 0 aromatic heterocycles. The summed E-state index contributed by atoms with van der Waals surface area (Å²) in [5, 5.41) is 0.393. The molecule has 1 N–H and O–H groups in total. The summed E-state index contributed by atoms with van der Waals surface area (Å²) in [6.45, 7) is 2.97. The summed E-state index contributed by atoms with van der Waals surface area (Å²) in [5.41, 5.74) is 0. The van der Waals surface area contributed by atoms with Crippen LogP contribution in [0.4, 0.5) is 0 Å². The standard InChI is InChI=1S/C12H18ClNO4S/c1-3-7-18-12-9-10(4-5-11(12)13)19(15,16)14-6-8-17-2/h4-5,9,14H,3,6-8H2,1-2H3. The molecule has 1 aromatic rings. The van der Waals surface area contributed by atoms with Gasteiger partial charge in [-0.2, -0.15) is 0 Å². The topological polar surface area (TPSA) is 64.6 Å². The van der Waals surface area contributed by atoms with Crippen LogP contribution in [-0.4, -0.2) is 35.3 Å². The molecule has 0 bridgehead atoms. The van der Waals surface area contributed by atoms with E-state index in [9.17, 15) is 8.42 Å². The number of nitrogens with one attached hydrogen (secondary N) is 1. The molecule has 0 aliphatic rings. The molecule has 0 aliphatic heterocycles. The van der Waals surface area contributed by atoms with E-state index in [2.05, 4.69) is 4.72 Å². The first-order valence-electron chi connectivity index (χ1n) is 5.92. The number of benzene rings is 1. The molecule has 0 fully saturated rings. The first-order valence-corrected chi connectivity index (χ1v) is 7.78. The Balaban J connectivity index is 2.88. The Kier molecular flexibility index (Phi) is 6.57. The van der Waals surface area contributed by atoms with E-state index in [1.54, 1.807) is 0 Å². The van der Waals surface area contributed by atoms with Crippen LogP contribution >= 0.6 is 11.6 Å². The smallest absolute Gasteiger partial charge is 0.240 e. The zero-order valence-corrected chi connectivity index (χ0v) is 12.6. The molecule has 108 valence electrons. The Hall–Kier alpha value is -0.820. The number of methoxy groups -OCH3 is 1. The van der Waals surface area contributed by atoms with Crippen molar-refractivity contribution in [2.45, 2.75) is 18.2 Å². The highest BCUT2D eigenvalue weighted by atomic mass is 35.5. The van der Waals surface area contributed by atoms with Gasteiger partial charge in [-0.05, 0) is 18.6 Å². The zero-order valence-electron chi connectivity index (χ0n) is 11.0. The lowest BCUT2D eigenvalue weighted by molar-refractivity contribution is 0.204. The summed E-state index contributed by atoms with van der Waals surface area (Å²) in [6, 6.07) is 4.38. The van der Waals surface area contributed by atoms with Crippen molar-refractivity contribution in [1.29, 1.82) is 0 Å². The van der Waals surface area contributed by atoms with Gasteiger partial charge >= 0.3 is 0 Å². The van der Waals surface area contributed by atoms with Gasteiger partial charge in [0.15, 0.2) is 0 Å². The highest BCUT2D eigenvalue weighted by Gasteiger charge is 2.15. The molecular weight excluding hydrogens is 290 g/mol. The summed E-state index contributed by atoms with van der Waals surface area (Å²) in [6.07, 6.45) is 0.819. The van der Waals surface area contributed by atoms with Gasteiger partial charge in [-0.15, -0.1) is 0 Å². The summed E-state index contributed by atoms with van der Waals surface area (Å²) in [4.78, 5) is 0.124. The normalized spacial score (nSPS) is 11.5. The van der Waals surface area contributed by atoms with Crippen LogP contribution in [0.3, 0.4) is 0 Å². The molecular formula is C12H18ClNO4S. The predicted molar refractivity (Wildman–Crippen MR) is 74.3 cm³/mol. The van der Waals surface area contributed by atoms with Crippen LogP contribution in [0.5, 0.6) is 5.75 Å². The minimum Gasteiger partial charge on any atom is -0.492 e. The van der Waals surface area contributed by atoms with Gasteiger partial charge in [0.05, 0.1) is 23.1 Å². The van der Waals surface area contributed by atoms with Crippen molar-refractivity contribution in [3.63, 3.8) is 0 Å². The molecule has 0 aliphatic carbocycles. The van der Waals surface area contributed by atoms with Crippen LogP contribution in [0.25, 0.3) is 0 Å². The number of rotatable bonds is 8. The lowest BCUT2D eigenvalue weighted by Gasteiger charge is -2.10. The van der Waals surface area contributed by atoms with Gasteiger partial charge in [0.25, 0.3) is 0 Å². The molecule has 0 heterocycles. The first kappa shape index (κ1) is 16.2. The fraction of sp³-hybridized carbons (Fsp3) is 0.500. The Morgan fingerprint density at radius 3 is 2.68 bits per heavy atom. The van der Waals surface area contributed by atoms with Gasteiger partial charge in [-0.1, -0.05) is 18.5 Å². The van der Waals surface area contributed by atoms with E-state index >= 15 is 0 Å². The molecule has 0 unspecified atom stereocenters. The Morgan fingerprint density at radius 1 is 1.32 bits per heavy atom. The van der Waals surface area contributed by atoms with Crippen molar-refractivity contribution in [1.82, 2.24) is 4.72 Å². The van der Waals surface area contributed by atoms with E-state index in [1.807, 2.05) is 6.92 Å². The van der Waals surface area contributed by atoms with Crippen LogP contribution in [0, 0.1) is 0 Å². The molecule has 19 heavy (non-hydrogen) atoms. The molecule has 7 heteroatoms. The molecule has 0 spiro atoms. The predicted octanol–water partition coefficient (Wildman–Crippen LogP) is 2.05. The average Bonchev–Trinajstić information content (AvgIpc) is 2.37. The van der Waals surface area contributed by atoms with Crippen molar-refractivity contribution in [2.75, 3.05) is 26.9 Å². The van der Waals surface area contributed by atoms with E-state index < -0.39 is 10.0 Å². The quantitative estimate of drug-likeness (QED) is 0.747. The third kappa shape index (κ3) is 4.99. The Bertz CT molecular complexity index is 504. The Labute approximate surface area is 118 Å². The minimum atomic E-state index is -3.57. The fourth-order valence-electron chi connectivity index (χ4n) is 1.33. The Morgan fingerprint density at radius 2 is 2.05 bits per heavy atom. The largest absolute Gasteiger partial charge is 0.492 e. The average molecular weight is 308 g/mol. The summed E-state index contributed by atoms with van der Waals surface area (Å²) in [7, 11) is -2.06. The molecule has 0 atom stereocenters. The lowest BCUT2D eigenvalue weighted by atomic mass is 10.3. The number of ether oxygens (including phenoxy) is 2. The van der Waals surface area contributed by atoms with Crippen molar-refractivity contribution in [2.24, 2.45) is 0 Å². The molecule has 1 rings (SSSR count). The van der Waals surface area contributed by atoms with Gasteiger partial charge < -0.3 is 9.47 Å². The van der Waals surface area contributed by atoms with Gasteiger partial charge in [-0.25, -0.2) is 13.1 Å².